The predicted molar refractivity (Wildman–Crippen MR) is 93.5 cm³/mol. The number of hydrogen-bond acceptors (Lipinski definition) is 5. The maximum Gasteiger partial charge on any atom is 0.270 e. The van der Waals surface area contributed by atoms with Gasteiger partial charge in [0.2, 0.25) is 0 Å². The van der Waals surface area contributed by atoms with Gasteiger partial charge >= 0.3 is 0 Å². The van der Waals surface area contributed by atoms with Gasteiger partial charge in [0, 0.05) is 23.1 Å². The molecule has 0 bridgehead atoms. The molecule has 0 radical (unpaired) electrons. The van der Waals surface area contributed by atoms with E-state index in [0.29, 0.717) is 27.8 Å². The van der Waals surface area contributed by atoms with Crippen LogP contribution in [0.15, 0.2) is 48.5 Å². The highest BCUT2D eigenvalue weighted by molar-refractivity contribution is 6.02. The van der Waals surface area contributed by atoms with E-state index in [2.05, 4.69) is 4.98 Å². The first-order valence-electron chi connectivity index (χ1n) is 7.45. The Kier molecular flexibility index (Phi) is 3.69. The Labute approximate surface area is 138 Å². The van der Waals surface area contributed by atoms with Gasteiger partial charge in [-0.15, -0.1) is 0 Å². The first-order valence-corrected chi connectivity index (χ1v) is 7.45. The Bertz CT molecular complexity index is 932. The van der Waals surface area contributed by atoms with E-state index < -0.39 is 10.5 Å². The van der Waals surface area contributed by atoms with Crippen LogP contribution >= 0.6 is 0 Å². The lowest BCUT2D eigenvalue weighted by Gasteiger charge is -2.22. The van der Waals surface area contributed by atoms with Crippen LogP contribution in [0.1, 0.15) is 19.5 Å². The molecule has 0 atom stereocenters. The van der Waals surface area contributed by atoms with Crippen LogP contribution in [0.5, 0.6) is 0 Å². The SMILES string of the molecule is CC(C)(O)c1nc2ccc([N+](=O)[O-])cc2c(-c2ccccc2)c1N. The van der Waals surface area contributed by atoms with Gasteiger partial charge in [0.25, 0.3) is 5.69 Å². The normalized spacial score (nSPS) is 11.6. The van der Waals surface area contributed by atoms with Gasteiger partial charge in [-0.25, -0.2) is 4.98 Å². The molecule has 0 saturated heterocycles. The molecule has 0 aliphatic carbocycles. The number of benzene rings is 2. The molecular weight excluding hydrogens is 306 g/mol. The minimum atomic E-state index is -1.23. The van der Waals surface area contributed by atoms with Crippen LogP contribution in [0, 0.1) is 10.1 Å². The molecule has 0 aliphatic heterocycles. The fraction of sp³-hybridized carbons (Fsp3) is 0.167. The van der Waals surface area contributed by atoms with Crippen molar-refractivity contribution in [2.45, 2.75) is 19.4 Å². The average Bonchev–Trinajstić information content (AvgIpc) is 2.53. The molecule has 6 nitrogen and oxygen atoms in total. The second-order valence-electron chi connectivity index (χ2n) is 6.13. The van der Waals surface area contributed by atoms with Crippen molar-refractivity contribution >= 4 is 22.3 Å². The number of non-ortho nitro benzene ring substituents is 1. The Morgan fingerprint density at radius 1 is 1.17 bits per heavy atom. The predicted octanol–water partition coefficient (Wildman–Crippen LogP) is 3.62. The molecule has 0 fully saturated rings. The lowest BCUT2D eigenvalue weighted by Crippen LogP contribution is -2.20. The topological polar surface area (TPSA) is 102 Å². The quantitative estimate of drug-likeness (QED) is 0.566. The van der Waals surface area contributed by atoms with Crippen LogP contribution < -0.4 is 5.73 Å². The summed E-state index contributed by atoms with van der Waals surface area (Å²) in [5, 5.41) is 22.1. The van der Waals surface area contributed by atoms with Crippen molar-refractivity contribution in [2.24, 2.45) is 0 Å². The van der Waals surface area contributed by atoms with E-state index in [4.69, 9.17) is 5.73 Å². The molecule has 0 spiro atoms. The van der Waals surface area contributed by atoms with Gasteiger partial charge in [-0.1, -0.05) is 30.3 Å². The Morgan fingerprint density at radius 2 is 1.83 bits per heavy atom. The summed E-state index contributed by atoms with van der Waals surface area (Å²) >= 11 is 0. The fourth-order valence-electron chi connectivity index (χ4n) is 2.76. The van der Waals surface area contributed by atoms with E-state index in [1.165, 1.54) is 12.1 Å². The van der Waals surface area contributed by atoms with Gasteiger partial charge in [-0.3, -0.25) is 10.1 Å². The van der Waals surface area contributed by atoms with Gasteiger partial charge in [0.15, 0.2) is 0 Å². The van der Waals surface area contributed by atoms with Crippen LogP contribution in [0.4, 0.5) is 11.4 Å². The summed E-state index contributed by atoms with van der Waals surface area (Å²) in [6.45, 7) is 3.22. The summed E-state index contributed by atoms with van der Waals surface area (Å²) < 4.78 is 0. The summed E-state index contributed by atoms with van der Waals surface area (Å²) in [5.41, 5.74) is 7.71. The molecule has 3 N–H and O–H groups in total. The Hall–Kier alpha value is -2.99. The first kappa shape index (κ1) is 15.9. The molecule has 0 saturated carbocycles. The zero-order valence-electron chi connectivity index (χ0n) is 13.4. The van der Waals surface area contributed by atoms with Gasteiger partial charge in [0.1, 0.15) is 5.60 Å². The smallest absolute Gasteiger partial charge is 0.270 e. The summed E-state index contributed by atoms with van der Waals surface area (Å²) in [6, 6.07) is 13.8. The van der Waals surface area contributed by atoms with Crippen LogP contribution in [-0.2, 0) is 5.60 Å². The molecule has 0 unspecified atom stereocenters. The minimum Gasteiger partial charge on any atom is -0.397 e. The number of nitro groups is 1. The summed E-state index contributed by atoms with van der Waals surface area (Å²) in [4.78, 5) is 15.1. The molecule has 24 heavy (non-hydrogen) atoms. The molecule has 0 aliphatic rings. The maximum absolute atomic E-state index is 11.1. The van der Waals surface area contributed by atoms with E-state index in [1.54, 1.807) is 19.9 Å². The summed E-state index contributed by atoms with van der Waals surface area (Å²) in [7, 11) is 0. The number of nitrogens with zero attached hydrogens (tertiary/aromatic N) is 2. The molecule has 3 aromatic rings. The lowest BCUT2D eigenvalue weighted by atomic mass is 9.93. The van der Waals surface area contributed by atoms with E-state index >= 15 is 0 Å². The number of pyridine rings is 1. The molecule has 6 heteroatoms. The van der Waals surface area contributed by atoms with E-state index in [9.17, 15) is 15.2 Å². The first-order chi connectivity index (χ1) is 11.3. The van der Waals surface area contributed by atoms with Crippen molar-refractivity contribution in [3.8, 4) is 11.1 Å². The maximum atomic E-state index is 11.1. The molecule has 1 aromatic heterocycles. The molecule has 1 heterocycles. The monoisotopic (exact) mass is 323 g/mol. The zero-order chi connectivity index (χ0) is 17.5. The number of nitro benzene ring substituents is 1. The molecule has 0 amide bonds. The average molecular weight is 323 g/mol. The van der Waals surface area contributed by atoms with Gasteiger partial charge in [0.05, 0.1) is 21.8 Å². The third kappa shape index (κ3) is 2.68. The number of aromatic nitrogens is 1. The Morgan fingerprint density at radius 3 is 2.42 bits per heavy atom. The third-order valence-corrected chi connectivity index (χ3v) is 3.86. The highest BCUT2D eigenvalue weighted by atomic mass is 16.6. The van der Waals surface area contributed by atoms with Crippen molar-refractivity contribution < 1.29 is 10.0 Å². The number of hydrogen-bond donors (Lipinski definition) is 2. The van der Waals surface area contributed by atoms with Gasteiger partial charge in [-0.2, -0.15) is 0 Å². The fourth-order valence-corrected chi connectivity index (χ4v) is 2.76. The van der Waals surface area contributed by atoms with Crippen LogP contribution in [0.3, 0.4) is 0 Å². The largest absolute Gasteiger partial charge is 0.397 e. The number of fused-ring (bicyclic) bond motifs is 1. The zero-order valence-corrected chi connectivity index (χ0v) is 13.4. The van der Waals surface area contributed by atoms with Crippen molar-refractivity contribution in [2.75, 3.05) is 5.73 Å². The van der Waals surface area contributed by atoms with Crippen LogP contribution in [0.2, 0.25) is 0 Å². The molecule has 2 aromatic carbocycles. The number of rotatable bonds is 3. The second-order valence-corrected chi connectivity index (χ2v) is 6.13. The van der Waals surface area contributed by atoms with Crippen molar-refractivity contribution in [1.82, 2.24) is 4.98 Å². The van der Waals surface area contributed by atoms with Crippen LogP contribution in [-0.4, -0.2) is 15.0 Å². The molecular formula is C18H17N3O3. The van der Waals surface area contributed by atoms with Crippen molar-refractivity contribution in [3.05, 3.63) is 64.3 Å². The Balaban J connectivity index is 2.45. The second kappa shape index (κ2) is 5.58. The van der Waals surface area contributed by atoms with E-state index in [1.807, 2.05) is 30.3 Å². The highest BCUT2D eigenvalue weighted by Gasteiger charge is 2.26. The van der Waals surface area contributed by atoms with Crippen molar-refractivity contribution in [1.29, 1.82) is 0 Å². The number of aliphatic hydroxyl groups is 1. The van der Waals surface area contributed by atoms with E-state index in [-0.39, 0.29) is 5.69 Å². The number of nitrogens with two attached hydrogens (primary N) is 1. The highest BCUT2D eigenvalue weighted by Crippen LogP contribution is 2.39. The van der Waals surface area contributed by atoms with Crippen LogP contribution in [0.25, 0.3) is 22.0 Å². The summed E-state index contributed by atoms with van der Waals surface area (Å²) in [6.07, 6.45) is 0. The van der Waals surface area contributed by atoms with Gasteiger partial charge in [-0.05, 0) is 25.5 Å². The standard InChI is InChI=1S/C18H17N3O3/c1-18(2,22)17-16(19)15(11-6-4-3-5-7-11)13-10-12(21(23)24)8-9-14(13)20-17/h3-10,22H,19H2,1-2H3. The van der Waals surface area contributed by atoms with Gasteiger partial charge < -0.3 is 10.8 Å². The number of nitrogen functional groups attached to an aromatic ring is 1. The minimum absolute atomic E-state index is 0.0307. The molecule has 122 valence electrons. The van der Waals surface area contributed by atoms with E-state index in [0.717, 1.165) is 5.56 Å². The van der Waals surface area contributed by atoms with Crippen molar-refractivity contribution in [3.63, 3.8) is 0 Å². The number of anilines is 1. The molecule has 3 rings (SSSR count). The summed E-state index contributed by atoms with van der Waals surface area (Å²) in [5.74, 6) is 0. The third-order valence-electron chi connectivity index (χ3n) is 3.86. The lowest BCUT2D eigenvalue weighted by molar-refractivity contribution is -0.384.